The molecule has 0 radical (unpaired) electrons. The fourth-order valence-electron chi connectivity index (χ4n) is 3.50. The zero-order valence-corrected chi connectivity index (χ0v) is 13.6. The second kappa shape index (κ2) is 5.53. The second-order valence-corrected chi connectivity index (χ2v) is 7.80. The molecule has 0 amide bonds. The Morgan fingerprint density at radius 3 is 2.40 bits per heavy atom. The average Bonchev–Trinajstić information content (AvgIpc) is 2.37. The summed E-state index contributed by atoms with van der Waals surface area (Å²) >= 11 is 0. The molecule has 1 fully saturated rings. The predicted molar refractivity (Wildman–Crippen MR) is 84.2 cm³/mol. The molecular formula is C17H30N2O. The summed E-state index contributed by atoms with van der Waals surface area (Å²) in [6.07, 6.45) is 15.2. The van der Waals surface area contributed by atoms with Crippen LogP contribution in [0.5, 0.6) is 0 Å². The molecule has 2 rings (SSSR count). The number of rotatable bonds is 3. The molecule has 3 nitrogen and oxygen atoms in total. The highest BCUT2D eigenvalue weighted by atomic mass is 16.6. The quantitative estimate of drug-likeness (QED) is 0.551. The van der Waals surface area contributed by atoms with E-state index in [-0.39, 0.29) is 10.3 Å². The molecule has 0 aromatic rings. The number of allylic oxidation sites excluding steroid dienone is 2. The molecule has 114 valence electrons. The summed E-state index contributed by atoms with van der Waals surface area (Å²) in [4.78, 5) is 0. The van der Waals surface area contributed by atoms with Crippen molar-refractivity contribution in [1.82, 2.24) is 5.01 Å². The molecule has 0 spiro atoms. The third-order valence-electron chi connectivity index (χ3n) is 4.81. The van der Waals surface area contributed by atoms with Gasteiger partial charge in [-0.2, -0.15) is 0 Å². The molecule has 1 atom stereocenters. The maximum atomic E-state index is 13.2. The van der Waals surface area contributed by atoms with Gasteiger partial charge in [0.2, 0.25) is 0 Å². The topological polar surface area (TPSA) is 26.3 Å². The van der Waals surface area contributed by atoms with Gasteiger partial charge >= 0.3 is 0 Å². The smallest absolute Gasteiger partial charge is 0.121 e. The normalized spacial score (nSPS) is 29.8. The van der Waals surface area contributed by atoms with Gasteiger partial charge in [0.05, 0.1) is 11.7 Å². The Morgan fingerprint density at radius 1 is 1.15 bits per heavy atom. The Bertz CT molecular complexity index is 388. The standard InChI is InChI=1S/C17H30N2O/c1-16(2,3)18-13-8-9-14-19(18,20)15-12-17(4)10-6-5-7-11-17/h8-9,13-14H,5-7,10-12,15H2,1-4H3. The van der Waals surface area contributed by atoms with E-state index in [2.05, 4.69) is 27.7 Å². The van der Waals surface area contributed by atoms with Gasteiger partial charge in [0, 0.05) is 6.42 Å². The summed E-state index contributed by atoms with van der Waals surface area (Å²) < 4.78 is -0.338. The van der Waals surface area contributed by atoms with Crippen LogP contribution in [-0.4, -0.2) is 21.8 Å². The molecule has 0 saturated heterocycles. The molecule has 20 heavy (non-hydrogen) atoms. The molecule has 0 aromatic carbocycles. The van der Waals surface area contributed by atoms with Crippen molar-refractivity contribution < 1.29 is 4.76 Å². The summed E-state index contributed by atoms with van der Waals surface area (Å²) in [5.41, 5.74) is 0.211. The lowest BCUT2D eigenvalue weighted by Gasteiger charge is -2.53. The number of nitrogens with zero attached hydrogens (tertiary/aromatic N) is 2. The zero-order valence-electron chi connectivity index (χ0n) is 13.6. The Balaban J connectivity index is 2.05. The minimum absolute atomic E-state index is 0.156. The molecule has 1 saturated carbocycles. The maximum Gasteiger partial charge on any atom is 0.121 e. The van der Waals surface area contributed by atoms with Gasteiger partial charge in [-0.15, -0.1) is 0 Å². The number of hydroxylamine groups is 2. The van der Waals surface area contributed by atoms with Gasteiger partial charge in [0.25, 0.3) is 0 Å². The van der Waals surface area contributed by atoms with E-state index in [1.807, 2.05) is 23.4 Å². The molecule has 1 heterocycles. The summed E-state index contributed by atoms with van der Waals surface area (Å²) in [6, 6.07) is 0. The maximum absolute atomic E-state index is 13.2. The van der Waals surface area contributed by atoms with Crippen LogP contribution >= 0.6 is 0 Å². The fourth-order valence-corrected chi connectivity index (χ4v) is 3.50. The van der Waals surface area contributed by atoms with Crippen molar-refractivity contribution in [2.24, 2.45) is 5.41 Å². The summed E-state index contributed by atoms with van der Waals surface area (Å²) in [5, 5.41) is 15.1. The van der Waals surface area contributed by atoms with E-state index in [1.165, 1.54) is 32.1 Å². The molecule has 1 aliphatic carbocycles. The predicted octanol–water partition coefficient (Wildman–Crippen LogP) is 4.72. The Kier molecular flexibility index (Phi) is 4.31. The van der Waals surface area contributed by atoms with Crippen molar-refractivity contribution in [3.05, 3.63) is 29.8 Å². The highest BCUT2D eigenvalue weighted by Gasteiger charge is 2.36. The van der Waals surface area contributed by atoms with Gasteiger partial charge in [-0.25, -0.2) is 9.76 Å². The van der Waals surface area contributed by atoms with Crippen LogP contribution in [0.15, 0.2) is 24.6 Å². The van der Waals surface area contributed by atoms with Crippen molar-refractivity contribution in [3.8, 4) is 0 Å². The van der Waals surface area contributed by atoms with Crippen molar-refractivity contribution in [3.63, 3.8) is 0 Å². The first kappa shape index (κ1) is 15.6. The first-order chi connectivity index (χ1) is 9.25. The molecular weight excluding hydrogens is 248 g/mol. The van der Waals surface area contributed by atoms with Crippen molar-refractivity contribution >= 4 is 0 Å². The lowest BCUT2D eigenvalue weighted by atomic mass is 9.73. The van der Waals surface area contributed by atoms with Crippen LogP contribution in [0.1, 0.15) is 66.2 Å². The third-order valence-corrected chi connectivity index (χ3v) is 4.81. The molecule has 0 bridgehead atoms. The first-order valence-corrected chi connectivity index (χ1v) is 8.00. The van der Waals surface area contributed by atoms with Gasteiger partial charge in [0.1, 0.15) is 12.7 Å². The molecule has 2 aliphatic rings. The zero-order chi connectivity index (χ0) is 14.9. The van der Waals surface area contributed by atoms with E-state index in [0.29, 0.717) is 12.0 Å². The Morgan fingerprint density at radius 2 is 1.80 bits per heavy atom. The minimum Gasteiger partial charge on any atom is -0.601 e. The monoisotopic (exact) mass is 278 g/mol. The van der Waals surface area contributed by atoms with Gasteiger partial charge < -0.3 is 5.21 Å². The van der Waals surface area contributed by atoms with Gasteiger partial charge in [-0.1, -0.05) is 26.2 Å². The largest absolute Gasteiger partial charge is 0.601 e. The van der Waals surface area contributed by atoms with E-state index in [0.717, 1.165) is 6.42 Å². The number of hydrogen-bond acceptors (Lipinski definition) is 2. The highest BCUT2D eigenvalue weighted by Crippen LogP contribution is 2.40. The van der Waals surface area contributed by atoms with Crippen molar-refractivity contribution in [2.45, 2.75) is 71.8 Å². The van der Waals surface area contributed by atoms with Crippen LogP contribution in [0, 0.1) is 10.6 Å². The van der Waals surface area contributed by atoms with Gasteiger partial charge in [-0.05, 0) is 51.2 Å². The number of hydrogen-bond donors (Lipinski definition) is 0. The molecule has 0 aromatic heterocycles. The van der Waals surface area contributed by atoms with Crippen LogP contribution in [0.3, 0.4) is 0 Å². The Hall–Kier alpha value is -0.800. The van der Waals surface area contributed by atoms with Crippen LogP contribution in [0.25, 0.3) is 0 Å². The minimum atomic E-state index is -0.338. The third kappa shape index (κ3) is 3.44. The van der Waals surface area contributed by atoms with Crippen LogP contribution in [-0.2, 0) is 0 Å². The molecule has 1 aliphatic heterocycles. The summed E-state index contributed by atoms with van der Waals surface area (Å²) in [7, 11) is 0. The van der Waals surface area contributed by atoms with Gasteiger partial charge in [-0.3, -0.25) is 0 Å². The Labute approximate surface area is 124 Å². The summed E-state index contributed by atoms with van der Waals surface area (Å²) in [6.45, 7) is 9.31. The highest BCUT2D eigenvalue weighted by molar-refractivity contribution is 5.04. The lowest BCUT2D eigenvalue weighted by Crippen LogP contribution is -2.59. The molecule has 0 N–H and O–H groups in total. The van der Waals surface area contributed by atoms with E-state index >= 15 is 0 Å². The second-order valence-electron chi connectivity index (χ2n) is 7.80. The van der Waals surface area contributed by atoms with E-state index < -0.39 is 0 Å². The van der Waals surface area contributed by atoms with Gasteiger partial charge in [0.15, 0.2) is 0 Å². The molecule has 1 unspecified atom stereocenters. The first-order valence-electron chi connectivity index (χ1n) is 8.00. The van der Waals surface area contributed by atoms with E-state index in [1.54, 1.807) is 6.20 Å². The van der Waals surface area contributed by atoms with E-state index in [9.17, 15) is 5.21 Å². The van der Waals surface area contributed by atoms with E-state index in [4.69, 9.17) is 0 Å². The number of quaternary nitrogens is 1. The lowest BCUT2D eigenvalue weighted by molar-refractivity contribution is -0.951. The van der Waals surface area contributed by atoms with Crippen LogP contribution < -0.4 is 0 Å². The SMILES string of the molecule is CC1(CC[N+]2([O-])C=CC=CN2C(C)(C)C)CCCCC1. The van der Waals surface area contributed by atoms with Crippen molar-refractivity contribution in [2.75, 3.05) is 6.54 Å². The molecule has 3 heteroatoms. The fraction of sp³-hybridized carbons (Fsp3) is 0.765. The summed E-state index contributed by atoms with van der Waals surface area (Å²) in [5.74, 6) is 0. The van der Waals surface area contributed by atoms with Crippen LogP contribution in [0.2, 0.25) is 0 Å². The average molecular weight is 278 g/mol. The van der Waals surface area contributed by atoms with Crippen molar-refractivity contribution in [1.29, 1.82) is 0 Å². The van der Waals surface area contributed by atoms with Crippen LogP contribution in [0.4, 0.5) is 0 Å².